The SMILES string of the molecule is Cc1cn([C@H]2C[C@H](O)[C@@H](COP(=O)(O)OP(=O)(O)O[C@H]3O[C@H](C)[C@@H](N)[C@H](O)[C@H]3O)O2)c(=O)[nH]c1=O. The van der Waals surface area contributed by atoms with E-state index in [1.165, 1.54) is 20.0 Å². The lowest BCUT2D eigenvalue weighted by atomic mass is 9.98. The Labute approximate surface area is 197 Å². The molecule has 2 aliphatic rings. The van der Waals surface area contributed by atoms with Gasteiger partial charge in [-0.25, -0.2) is 13.9 Å². The summed E-state index contributed by atoms with van der Waals surface area (Å²) in [6, 6.07) is -1.03. The third-order valence-corrected chi connectivity index (χ3v) is 8.02. The number of phosphoric ester groups is 2. The maximum Gasteiger partial charge on any atom is 0.483 e. The molecule has 19 heteroatoms. The highest BCUT2D eigenvalue weighted by Crippen LogP contribution is 2.61. The Morgan fingerprint density at radius 2 is 1.83 bits per heavy atom. The number of nitrogens with zero attached hydrogens (tertiary/aromatic N) is 1. The predicted molar refractivity (Wildman–Crippen MR) is 113 cm³/mol. The lowest BCUT2D eigenvalue weighted by molar-refractivity contribution is -0.242. The molecule has 2 unspecified atom stereocenters. The Morgan fingerprint density at radius 3 is 2.49 bits per heavy atom. The van der Waals surface area contributed by atoms with Gasteiger partial charge in [0.2, 0.25) is 0 Å². The lowest BCUT2D eigenvalue weighted by Gasteiger charge is -2.39. The summed E-state index contributed by atoms with van der Waals surface area (Å²) in [4.78, 5) is 45.2. The van der Waals surface area contributed by atoms with E-state index in [4.69, 9.17) is 15.2 Å². The van der Waals surface area contributed by atoms with Crippen molar-refractivity contribution < 1.29 is 57.1 Å². The van der Waals surface area contributed by atoms with Gasteiger partial charge in [-0.15, -0.1) is 0 Å². The Balaban J connectivity index is 1.59. The van der Waals surface area contributed by atoms with Crippen LogP contribution in [0.1, 0.15) is 25.1 Å². The van der Waals surface area contributed by atoms with Crippen LogP contribution in [-0.2, 0) is 32.0 Å². The average Bonchev–Trinajstić information content (AvgIpc) is 3.11. The highest BCUT2D eigenvalue weighted by atomic mass is 31.3. The number of H-pyrrole nitrogens is 1. The molecule has 35 heavy (non-hydrogen) atoms. The molecule has 2 fully saturated rings. The molecule has 1 aromatic heterocycles. The van der Waals surface area contributed by atoms with E-state index in [9.17, 15) is 43.8 Å². The quantitative estimate of drug-likeness (QED) is 0.166. The summed E-state index contributed by atoms with van der Waals surface area (Å²) in [6.45, 7) is 2.03. The molecule has 0 bridgehead atoms. The number of aromatic amines is 1. The topological polar surface area (TPSA) is 262 Å². The second-order valence-electron chi connectivity index (χ2n) is 8.10. The van der Waals surface area contributed by atoms with E-state index >= 15 is 0 Å². The monoisotopic (exact) mass is 547 g/mol. The number of phosphoric acid groups is 2. The highest BCUT2D eigenvalue weighted by molar-refractivity contribution is 7.61. The number of aromatic nitrogens is 2. The van der Waals surface area contributed by atoms with Gasteiger partial charge in [-0.1, -0.05) is 0 Å². The first-order valence-electron chi connectivity index (χ1n) is 10.2. The van der Waals surface area contributed by atoms with Gasteiger partial charge in [0.05, 0.1) is 24.9 Å². The number of nitrogens with one attached hydrogen (secondary N) is 1. The molecule has 10 atom stereocenters. The Morgan fingerprint density at radius 1 is 1.17 bits per heavy atom. The summed E-state index contributed by atoms with van der Waals surface area (Å²) >= 11 is 0. The molecular weight excluding hydrogens is 520 g/mol. The van der Waals surface area contributed by atoms with Crippen molar-refractivity contribution in [3.8, 4) is 0 Å². The van der Waals surface area contributed by atoms with Gasteiger partial charge in [0.25, 0.3) is 5.56 Å². The minimum atomic E-state index is -5.40. The number of ether oxygens (including phenoxy) is 2. The fourth-order valence-corrected chi connectivity index (χ4v) is 5.60. The van der Waals surface area contributed by atoms with E-state index in [1.54, 1.807) is 0 Å². The van der Waals surface area contributed by atoms with Crippen molar-refractivity contribution in [2.75, 3.05) is 6.61 Å². The Bertz CT molecular complexity index is 1130. The first-order valence-corrected chi connectivity index (χ1v) is 13.2. The van der Waals surface area contributed by atoms with Gasteiger partial charge in [0.15, 0.2) is 6.29 Å². The van der Waals surface area contributed by atoms with E-state index in [0.29, 0.717) is 0 Å². The van der Waals surface area contributed by atoms with Crippen molar-refractivity contribution in [3.63, 3.8) is 0 Å². The number of aryl methyl sites for hydroxylation is 1. The molecule has 0 spiro atoms. The van der Waals surface area contributed by atoms with Gasteiger partial charge in [0, 0.05) is 18.2 Å². The molecule has 17 nitrogen and oxygen atoms in total. The molecule has 0 aromatic carbocycles. The molecule has 3 heterocycles. The van der Waals surface area contributed by atoms with Crippen LogP contribution >= 0.6 is 15.6 Å². The van der Waals surface area contributed by atoms with Crippen LogP contribution in [-0.4, -0.2) is 84.1 Å². The number of rotatable bonds is 8. The number of nitrogens with two attached hydrogens (primary N) is 1. The molecule has 3 rings (SSSR count). The standard InChI is InChI=1S/C16H27N3O14P2/c1-6-4-19(16(24)18-14(6)23)10-3-8(20)9(31-10)5-29-34(25,26)33-35(27,28)32-15-13(22)12(21)11(17)7(2)30-15/h4,7-13,15,20-22H,3,5,17H2,1-2H3,(H,25,26)(H,27,28)(H,18,23,24)/t7-,8+,9-,10-,11-,12+,13-,15-/m1/s1. The van der Waals surface area contributed by atoms with Crippen molar-refractivity contribution >= 4 is 15.6 Å². The van der Waals surface area contributed by atoms with Crippen LogP contribution in [0.4, 0.5) is 0 Å². The first-order chi connectivity index (χ1) is 16.1. The third kappa shape index (κ3) is 6.72. The van der Waals surface area contributed by atoms with Gasteiger partial charge in [-0.05, 0) is 13.8 Å². The van der Waals surface area contributed by atoms with Gasteiger partial charge >= 0.3 is 21.3 Å². The predicted octanol–water partition coefficient (Wildman–Crippen LogP) is -2.46. The number of aliphatic hydroxyl groups excluding tert-OH is 3. The Hall–Kier alpha value is -1.30. The van der Waals surface area contributed by atoms with E-state index in [-0.39, 0.29) is 12.0 Å². The normalized spacial score (nSPS) is 37.0. The summed E-state index contributed by atoms with van der Waals surface area (Å²) < 4.78 is 49.3. The van der Waals surface area contributed by atoms with Crippen molar-refractivity contribution in [2.45, 2.75) is 69.3 Å². The minimum absolute atomic E-state index is 0.142. The van der Waals surface area contributed by atoms with Crippen LogP contribution in [0.15, 0.2) is 15.8 Å². The molecule has 0 amide bonds. The molecule has 1 aromatic rings. The molecule has 0 radical (unpaired) electrons. The van der Waals surface area contributed by atoms with Crippen LogP contribution in [0.2, 0.25) is 0 Å². The van der Waals surface area contributed by atoms with Gasteiger partial charge in [-0.3, -0.25) is 23.4 Å². The zero-order valence-corrected chi connectivity index (χ0v) is 20.2. The Kier molecular flexibility index (Phi) is 8.56. The van der Waals surface area contributed by atoms with E-state index in [0.717, 1.165) is 4.57 Å². The smallest absolute Gasteiger partial charge is 0.390 e. The van der Waals surface area contributed by atoms with Crippen molar-refractivity contribution in [1.29, 1.82) is 0 Å². The molecular formula is C16H27N3O14P2. The van der Waals surface area contributed by atoms with E-state index < -0.39 is 82.6 Å². The van der Waals surface area contributed by atoms with Crippen LogP contribution in [0, 0.1) is 6.92 Å². The fourth-order valence-electron chi connectivity index (χ4n) is 3.44. The van der Waals surface area contributed by atoms with Crippen LogP contribution < -0.4 is 17.0 Å². The number of hydrogen-bond acceptors (Lipinski definition) is 13. The largest absolute Gasteiger partial charge is 0.483 e. The fraction of sp³-hybridized carbons (Fsp3) is 0.750. The number of hydrogen-bond donors (Lipinski definition) is 7. The summed E-state index contributed by atoms with van der Waals surface area (Å²) in [5.74, 6) is 0. The van der Waals surface area contributed by atoms with Gasteiger partial charge < -0.3 is 40.3 Å². The summed E-state index contributed by atoms with van der Waals surface area (Å²) in [6.07, 6.45) is -8.81. The minimum Gasteiger partial charge on any atom is -0.390 e. The van der Waals surface area contributed by atoms with Crippen molar-refractivity contribution in [2.24, 2.45) is 5.73 Å². The van der Waals surface area contributed by atoms with Crippen LogP contribution in [0.25, 0.3) is 0 Å². The second kappa shape index (κ2) is 10.6. The van der Waals surface area contributed by atoms with Crippen LogP contribution in [0.3, 0.4) is 0 Å². The van der Waals surface area contributed by atoms with E-state index in [2.05, 4.69) is 18.3 Å². The molecule has 2 saturated heterocycles. The summed E-state index contributed by atoms with van der Waals surface area (Å²) in [7, 11) is -10.7. The molecule has 0 saturated carbocycles. The number of aliphatic hydroxyl groups is 3. The maximum atomic E-state index is 12.2. The van der Waals surface area contributed by atoms with Crippen molar-refractivity contribution in [1.82, 2.24) is 9.55 Å². The zero-order valence-electron chi connectivity index (χ0n) is 18.4. The van der Waals surface area contributed by atoms with Crippen LogP contribution in [0.5, 0.6) is 0 Å². The summed E-state index contributed by atoms with van der Waals surface area (Å²) in [5.41, 5.74) is 4.39. The van der Waals surface area contributed by atoms with Crippen molar-refractivity contribution in [3.05, 3.63) is 32.6 Å². The van der Waals surface area contributed by atoms with Gasteiger partial charge in [-0.2, -0.15) is 4.31 Å². The van der Waals surface area contributed by atoms with Gasteiger partial charge in [0.1, 0.15) is 24.5 Å². The summed E-state index contributed by atoms with van der Waals surface area (Å²) in [5, 5.41) is 29.9. The lowest BCUT2D eigenvalue weighted by Crippen LogP contribution is -2.60. The highest BCUT2D eigenvalue weighted by Gasteiger charge is 2.47. The maximum absolute atomic E-state index is 12.2. The second-order valence-corrected chi connectivity index (χ2v) is 11.1. The first kappa shape index (κ1) is 28.3. The molecule has 0 aliphatic carbocycles. The zero-order chi connectivity index (χ0) is 26.3. The molecule has 200 valence electrons. The molecule has 2 aliphatic heterocycles. The third-order valence-electron chi connectivity index (χ3n) is 5.42. The average molecular weight is 547 g/mol. The van der Waals surface area contributed by atoms with E-state index in [1.807, 2.05) is 0 Å². The molecule has 8 N–H and O–H groups in total.